The molecule has 122 valence electrons. The summed E-state index contributed by atoms with van der Waals surface area (Å²) >= 11 is 0. The maximum atomic E-state index is 12.9. The summed E-state index contributed by atoms with van der Waals surface area (Å²) in [6.07, 6.45) is 2.55. The number of urea groups is 1. The fourth-order valence-corrected chi connectivity index (χ4v) is 2.90. The third kappa shape index (κ3) is 5.30. The van der Waals surface area contributed by atoms with Crippen molar-refractivity contribution < 1.29 is 9.18 Å². The Morgan fingerprint density at radius 3 is 2.82 bits per heavy atom. The summed E-state index contributed by atoms with van der Waals surface area (Å²) in [6.45, 7) is 7.95. The molecule has 0 aliphatic carbocycles. The first-order valence-corrected chi connectivity index (χ1v) is 8.07. The van der Waals surface area contributed by atoms with Gasteiger partial charge in [-0.15, -0.1) is 0 Å². The molecular weight excluding hydrogens is 281 g/mol. The van der Waals surface area contributed by atoms with Crippen molar-refractivity contribution in [1.82, 2.24) is 15.5 Å². The van der Waals surface area contributed by atoms with E-state index < -0.39 is 0 Å². The van der Waals surface area contributed by atoms with Crippen molar-refractivity contribution in [3.05, 3.63) is 35.6 Å². The summed E-state index contributed by atoms with van der Waals surface area (Å²) in [7, 11) is 0. The third-order valence-corrected chi connectivity index (χ3v) is 4.17. The maximum Gasteiger partial charge on any atom is 0.315 e. The molecule has 1 fully saturated rings. The molecule has 4 nitrogen and oxygen atoms in total. The van der Waals surface area contributed by atoms with Gasteiger partial charge < -0.3 is 15.5 Å². The minimum Gasteiger partial charge on any atom is -0.337 e. The molecule has 1 aromatic carbocycles. The molecule has 0 bridgehead atoms. The zero-order valence-electron chi connectivity index (χ0n) is 13.4. The van der Waals surface area contributed by atoms with Crippen LogP contribution >= 0.6 is 0 Å². The van der Waals surface area contributed by atoms with Gasteiger partial charge in [0.2, 0.25) is 0 Å². The van der Waals surface area contributed by atoms with Crippen LogP contribution in [0.5, 0.6) is 0 Å². The van der Waals surface area contributed by atoms with Crippen molar-refractivity contribution >= 4 is 6.03 Å². The fraction of sp³-hybridized carbons (Fsp3) is 0.588. The standard InChI is InChI=1S/C17H26FN3O/c1-13-4-3-10-21(12-13)11-9-19-17(22)20-14(2)15-5-7-16(18)8-6-15/h5-8,13-14H,3-4,9-12H2,1-2H3,(H2,19,20,22)/t13-,14+/m1/s1. The Balaban J connectivity index is 1.68. The monoisotopic (exact) mass is 307 g/mol. The summed E-state index contributed by atoms with van der Waals surface area (Å²) in [5, 5.41) is 5.76. The first-order chi connectivity index (χ1) is 10.5. The summed E-state index contributed by atoms with van der Waals surface area (Å²) in [5.74, 6) is 0.484. The van der Waals surface area contributed by atoms with Crippen LogP contribution in [0.1, 0.15) is 38.3 Å². The van der Waals surface area contributed by atoms with Crippen molar-refractivity contribution in [3.63, 3.8) is 0 Å². The highest BCUT2D eigenvalue weighted by Crippen LogP contribution is 2.14. The van der Waals surface area contributed by atoms with Crippen LogP contribution in [-0.4, -0.2) is 37.1 Å². The van der Waals surface area contributed by atoms with Crippen LogP contribution in [0.2, 0.25) is 0 Å². The number of carbonyl (C=O) groups is 1. The fourth-order valence-electron chi connectivity index (χ4n) is 2.90. The molecule has 1 saturated heterocycles. The predicted octanol–water partition coefficient (Wildman–Crippen LogP) is 2.92. The van der Waals surface area contributed by atoms with Crippen molar-refractivity contribution in [3.8, 4) is 0 Å². The minimum absolute atomic E-state index is 0.143. The number of piperidine rings is 1. The van der Waals surface area contributed by atoms with E-state index in [1.165, 1.54) is 25.0 Å². The van der Waals surface area contributed by atoms with Gasteiger partial charge in [0.15, 0.2) is 0 Å². The van der Waals surface area contributed by atoms with Crippen molar-refractivity contribution in [2.45, 2.75) is 32.7 Å². The number of nitrogens with one attached hydrogen (secondary N) is 2. The Morgan fingerprint density at radius 2 is 2.14 bits per heavy atom. The largest absolute Gasteiger partial charge is 0.337 e. The van der Waals surface area contributed by atoms with Crippen LogP contribution < -0.4 is 10.6 Å². The molecule has 0 aromatic heterocycles. The van der Waals surface area contributed by atoms with E-state index in [1.807, 2.05) is 6.92 Å². The Hall–Kier alpha value is -1.62. The van der Waals surface area contributed by atoms with Gasteiger partial charge in [0.05, 0.1) is 6.04 Å². The van der Waals surface area contributed by atoms with Crippen molar-refractivity contribution in [2.24, 2.45) is 5.92 Å². The lowest BCUT2D eigenvalue weighted by Gasteiger charge is -2.30. The number of likely N-dealkylation sites (tertiary alicyclic amines) is 1. The molecular formula is C17H26FN3O. The molecule has 2 rings (SSSR count). The Labute approximate surface area is 132 Å². The Bertz CT molecular complexity index is 477. The van der Waals surface area contributed by atoms with Crippen LogP contribution in [0.3, 0.4) is 0 Å². The molecule has 2 amide bonds. The smallest absolute Gasteiger partial charge is 0.315 e. The molecule has 0 saturated carbocycles. The van der Waals surface area contributed by atoms with E-state index in [-0.39, 0.29) is 17.9 Å². The van der Waals surface area contributed by atoms with Gasteiger partial charge in [-0.3, -0.25) is 0 Å². The summed E-state index contributed by atoms with van der Waals surface area (Å²) in [4.78, 5) is 14.3. The van der Waals surface area contributed by atoms with E-state index in [0.717, 1.165) is 31.1 Å². The van der Waals surface area contributed by atoms with Gasteiger partial charge in [-0.05, 0) is 49.9 Å². The summed E-state index contributed by atoms with van der Waals surface area (Å²) in [6, 6.07) is 5.87. The molecule has 1 aliphatic rings. The van der Waals surface area contributed by atoms with Crippen LogP contribution in [0.25, 0.3) is 0 Å². The lowest BCUT2D eigenvalue weighted by atomic mass is 10.0. The molecule has 0 spiro atoms. The molecule has 1 aliphatic heterocycles. The van der Waals surface area contributed by atoms with E-state index in [0.29, 0.717) is 6.54 Å². The number of nitrogens with zero attached hydrogens (tertiary/aromatic N) is 1. The first kappa shape index (κ1) is 16.7. The number of hydrogen-bond acceptors (Lipinski definition) is 2. The number of amides is 2. The average molecular weight is 307 g/mol. The van der Waals surface area contributed by atoms with E-state index in [4.69, 9.17) is 0 Å². The highest BCUT2D eigenvalue weighted by atomic mass is 19.1. The second-order valence-electron chi connectivity index (χ2n) is 6.22. The molecule has 1 heterocycles. The zero-order valence-corrected chi connectivity index (χ0v) is 13.4. The second-order valence-corrected chi connectivity index (χ2v) is 6.22. The number of halogens is 1. The number of carbonyl (C=O) groups excluding carboxylic acids is 1. The molecule has 5 heteroatoms. The normalized spacial score (nSPS) is 20.4. The molecule has 0 radical (unpaired) electrons. The molecule has 0 unspecified atom stereocenters. The number of benzene rings is 1. The van der Waals surface area contributed by atoms with E-state index >= 15 is 0 Å². The molecule has 2 atom stereocenters. The lowest BCUT2D eigenvalue weighted by molar-refractivity contribution is 0.183. The van der Waals surface area contributed by atoms with E-state index in [2.05, 4.69) is 22.5 Å². The van der Waals surface area contributed by atoms with Gasteiger partial charge in [-0.2, -0.15) is 0 Å². The van der Waals surface area contributed by atoms with Crippen LogP contribution in [-0.2, 0) is 0 Å². The highest BCUT2D eigenvalue weighted by molar-refractivity contribution is 5.74. The van der Waals surface area contributed by atoms with Gasteiger partial charge >= 0.3 is 6.03 Å². The molecule has 22 heavy (non-hydrogen) atoms. The molecule has 1 aromatic rings. The van der Waals surface area contributed by atoms with Crippen molar-refractivity contribution in [1.29, 1.82) is 0 Å². The highest BCUT2D eigenvalue weighted by Gasteiger charge is 2.16. The number of hydrogen-bond donors (Lipinski definition) is 2. The average Bonchev–Trinajstić information content (AvgIpc) is 2.48. The van der Waals surface area contributed by atoms with Crippen LogP contribution in [0, 0.1) is 11.7 Å². The SMILES string of the molecule is C[C@@H]1CCCN(CCNC(=O)N[C@@H](C)c2ccc(F)cc2)C1. The minimum atomic E-state index is -0.267. The van der Waals surface area contributed by atoms with Gasteiger partial charge in [-0.1, -0.05) is 19.1 Å². The Morgan fingerprint density at radius 1 is 1.41 bits per heavy atom. The summed E-state index contributed by atoms with van der Waals surface area (Å²) in [5.41, 5.74) is 0.890. The lowest BCUT2D eigenvalue weighted by Crippen LogP contribution is -2.43. The third-order valence-electron chi connectivity index (χ3n) is 4.17. The summed E-state index contributed by atoms with van der Waals surface area (Å²) < 4.78 is 12.9. The van der Waals surface area contributed by atoms with Gasteiger partial charge in [0, 0.05) is 19.6 Å². The topological polar surface area (TPSA) is 44.4 Å². The van der Waals surface area contributed by atoms with Gasteiger partial charge in [0.25, 0.3) is 0 Å². The zero-order chi connectivity index (χ0) is 15.9. The Kier molecular flexibility index (Phi) is 6.19. The van der Waals surface area contributed by atoms with Crippen molar-refractivity contribution in [2.75, 3.05) is 26.2 Å². The predicted molar refractivity (Wildman–Crippen MR) is 86.2 cm³/mol. The van der Waals surface area contributed by atoms with Gasteiger partial charge in [0.1, 0.15) is 5.82 Å². The maximum absolute atomic E-state index is 12.9. The van der Waals surface area contributed by atoms with E-state index in [9.17, 15) is 9.18 Å². The molecule has 2 N–H and O–H groups in total. The first-order valence-electron chi connectivity index (χ1n) is 8.07. The van der Waals surface area contributed by atoms with Crippen LogP contribution in [0.15, 0.2) is 24.3 Å². The second kappa shape index (κ2) is 8.13. The quantitative estimate of drug-likeness (QED) is 0.878. The van der Waals surface area contributed by atoms with Gasteiger partial charge in [-0.25, -0.2) is 9.18 Å². The number of rotatable bonds is 5. The van der Waals surface area contributed by atoms with E-state index in [1.54, 1.807) is 12.1 Å². The van der Waals surface area contributed by atoms with Crippen LogP contribution in [0.4, 0.5) is 9.18 Å².